The van der Waals surface area contributed by atoms with Crippen molar-refractivity contribution in [2.45, 2.75) is 32.2 Å². The first-order chi connectivity index (χ1) is 8.61. The zero-order chi connectivity index (χ0) is 13.1. The normalized spacial score (nSPS) is 23.1. The van der Waals surface area contributed by atoms with Crippen LogP contribution in [0.1, 0.15) is 35.2 Å². The fraction of sp³-hybridized carbons (Fsp3) is 0.500. The van der Waals surface area contributed by atoms with Crippen molar-refractivity contribution >= 4 is 33.4 Å². The molecule has 0 bridgehead atoms. The summed E-state index contributed by atoms with van der Waals surface area (Å²) in [5.41, 5.74) is 1.79. The highest BCUT2D eigenvalue weighted by Crippen LogP contribution is 2.27. The third-order valence-electron chi connectivity index (χ3n) is 3.54. The number of aryl methyl sites for hydroxylation is 1. The van der Waals surface area contributed by atoms with Gasteiger partial charge in [0.15, 0.2) is 0 Å². The Hall–Kier alpha value is -0.540. The van der Waals surface area contributed by atoms with Gasteiger partial charge in [-0.1, -0.05) is 18.1 Å². The highest BCUT2D eigenvalue weighted by Gasteiger charge is 2.28. The smallest absolute Gasteiger partial charge is 0.252 e. The summed E-state index contributed by atoms with van der Waals surface area (Å²) in [7, 11) is 0. The third kappa shape index (κ3) is 3.07. The van der Waals surface area contributed by atoms with Crippen LogP contribution in [0.5, 0.6) is 0 Å². The van der Waals surface area contributed by atoms with E-state index in [4.69, 9.17) is 11.6 Å². The second-order valence-electron chi connectivity index (χ2n) is 4.91. The lowest BCUT2D eigenvalue weighted by Gasteiger charge is -2.19. The highest BCUT2D eigenvalue weighted by atomic mass is 79.9. The lowest BCUT2D eigenvalue weighted by molar-refractivity contribution is 0.0929. The van der Waals surface area contributed by atoms with Gasteiger partial charge in [0.1, 0.15) is 0 Å². The molecule has 0 aliphatic heterocycles. The van der Waals surface area contributed by atoms with Crippen LogP contribution in [-0.4, -0.2) is 17.8 Å². The van der Waals surface area contributed by atoms with E-state index >= 15 is 0 Å². The van der Waals surface area contributed by atoms with E-state index in [-0.39, 0.29) is 11.9 Å². The molecule has 2 nitrogen and oxygen atoms in total. The number of alkyl halides is 1. The molecule has 2 rings (SSSR count). The van der Waals surface area contributed by atoms with Gasteiger partial charge in [-0.3, -0.25) is 4.79 Å². The monoisotopic (exact) mass is 329 g/mol. The van der Waals surface area contributed by atoms with E-state index in [1.54, 1.807) is 0 Å². The minimum Gasteiger partial charge on any atom is -0.349 e. The van der Waals surface area contributed by atoms with Crippen molar-refractivity contribution in [3.63, 3.8) is 0 Å². The van der Waals surface area contributed by atoms with Crippen molar-refractivity contribution in [1.29, 1.82) is 0 Å². The van der Waals surface area contributed by atoms with Crippen molar-refractivity contribution in [2.24, 2.45) is 5.92 Å². The average molecular weight is 331 g/mol. The standard InChI is InChI=1S/C14H17BrClNO/c1-9-5-6-12(15)11(7-9)14(18)17-13-4-2-3-10(13)8-16/h5-7,10,13H,2-4,8H2,1H3,(H,17,18). The Kier molecular flexibility index (Phi) is 4.68. The van der Waals surface area contributed by atoms with Gasteiger partial charge in [-0.15, -0.1) is 11.6 Å². The number of hydrogen-bond donors (Lipinski definition) is 1. The molecule has 4 heteroatoms. The fourth-order valence-electron chi connectivity index (χ4n) is 2.47. The maximum atomic E-state index is 12.3. The molecule has 2 unspecified atom stereocenters. The van der Waals surface area contributed by atoms with Gasteiger partial charge in [0.05, 0.1) is 5.56 Å². The van der Waals surface area contributed by atoms with Crippen LogP contribution in [0.3, 0.4) is 0 Å². The first kappa shape index (κ1) is 13.9. The number of halogens is 2. The zero-order valence-electron chi connectivity index (χ0n) is 10.4. The first-order valence-corrected chi connectivity index (χ1v) is 7.57. The van der Waals surface area contributed by atoms with E-state index in [1.165, 1.54) is 0 Å². The molecular weight excluding hydrogens is 314 g/mol. The molecule has 1 amide bonds. The van der Waals surface area contributed by atoms with Crippen molar-refractivity contribution in [2.75, 3.05) is 5.88 Å². The molecule has 0 spiro atoms. The first-order valence-electron chi connectivity index (χ1n) is 6.25. The number of benzene rings is 1. The van der Waals surface area contributed by atoms with Gasteiger partial charge < -0.3 is 5.32 Å². The van der Waals surface area contributed by atoms with Crippen molar-refractivity contribution in [3.8, 4) is 0 Å². The van der Waals surface area contributed by atoms with Gasteiger partial charge in [-0.05, 0) is 53.7 Å². The Balaban J connectivity index is 2.09. The predicted octanol–water partition coefficient (Wildman–Crippen LogP) is 3.89. The zero-order valence-corrected chi connectivity index (χ0v) is 12.7. The lowest BCUT2D eigenvalue weighted by atomic mass is 10.1. The molecule has 1 aliphatic rings. The van der Waals surface area contributed by atoms with Crippen LogP contribution in [0.25, 0.3) is 0 Å². The molecule has 1 N–H and O–H groups in total. The van der Waals surface area contributed by atoms with Crippen LogP contribution in [0.15, 0.2) is 22.7 Å². The molecule has 1 aliphatic carbocycles. The topological polar surface area (TPSA) is 29.1 Å². The molecule has 18 heavy (non-hydrogen) atoms. The van der Waals surface area contributed by atoms with Crippen molar-refractivity contribution < 1.29 is 4.79 Å². The quantitative estimate of drug-likeness (QED) is 0.837. The summed E-state index contributed by atoms with van der Waals surface area (Å²) in [6, 6.07) is 6.03. The Morgan fingerprint density at radius 1 is 1.50 bits per heavy atom. The molecule has 1 aromatic carbocycles. The van der Waals surface area contributed by atoms with E-state index in [9.17, 15) is 4.79 Å². The van der Waals surface area contributed by atoms with Crippen molar-refractivity contribution in [3.05, 3.63) is 33.8 Å². The molecule has 0 heterocycles. The highest BCUT2D eigenvalue weighted by molar-refractivity contribution is 9.10. The summed E-state index contributed by atoms with van der Waals surface area (Å²) < 4.78 is 0.839. The summed E-state index contributed by atoms with van der Waals surface area (Å²) >= 11 is 9.35. The molecule has 1 saturated carbocycles. The maximum absolute atomic E-state index is 12.3. The second kappa shape index (κ2) is 6.07. The molecule has 0 radical (unpaired) electrons. The minimum absolute atomic E-state index is 0.00686. The molecule has 98 valence electrons. The molecule has 2 atom stereocenters. The number of carbonyl (C=O) groups excluding carboxylic acids is 1. The van der Waals surface area contributed by atoms with Gasteiger partial charge in [0.2, 0.25) is 0 Å². The molecule has 1 fully saturated rings. The van der Waals surface area contributed by atoms with Crippen LogP contribution in [0.2, 0.25) is 0 Å². The number of rotatable bonds is 3. The number of carbonyl (C=O) groups is 1. The van der Waals surface area contributed by atoms with E-state index in [0.29, 0.717) is 17.4 Å². The van der Waals surface area contributed by atoms with Gasteiger partial charge in [0, 0.05) is 16.4 Å². The largest absolute Gasteiger partial charge is 0.349 e. The van der Waals surface area contributed by atoms with E-state index < -0.39 is 0 Å². The molecule has 0 saturated heterocycles. The summed E-state index contributed by atoms with van der Waals surface area (Å²) in [5, 5.41) is 3.11. The Morgan fingerprint density at radius 2 is 2.28 bits per heavy atom. The fourth-order valence-corrected chi connectivity index (χ4v) is 3.27. The molecular formula is C14H17BrClNO. The van der Waals surface area contributed by atoms with Crippen LogP contribution in [0.4, 0.5) is 0 Å². The van der Waals surface area contributed by atoms with E-state index in [0.717, 1.165) is 29.3 Å². The Labute approximate surface area is 121 Å². The molecule has 1 aromatic rings. The third-order valence-corrected chi connectivity index (χ3v) is 4.63. The van der Waals surface area contributed by atoms with Gasteiger partial charge >= 0.3 is 0 Å². The second-order valence-corrected chi connectivity index (χ2v) is 6.07. The number of amides is 1. The lowest BCUT2D eigenvalue weighted by Crippen LogP contribution is -2.38. The SMILES string of the molecule is Cc1ccc(Br)c(C(=O)NC2CCCC2CCl)c1. The summed E-state index contributed by atoms with van der Waals surface area (Å²) in [4.78, 5) is 12.3. The minimum atomic E-state index is -0.00686. The predicted molar refractivity (Wildman–Crippen MR) is 78.2 cm³/mol. The Bertz CT molecular complexity index is 449. The van der Waals surface area contributed by atoms with Crippen LogP contribution in [-0.2, 0) is 0 Å². The molecule has 0 aromatic heterocycles. The maximum Gasteiger partial charge on any atom is 0.252 e. The van der Waals surface area contributed by atoms with Gasteiger partial charge in [-0.2, -0.15) is 0 Å². The van der Waals surface area contributed by atoms with Gasteiger partial charge in [-0.25, -0.2) is 0 Å². The average Bonchev–Trinajstić information content (AvgIpc) is 2.79. The van der Waals surface area contributed by atoms with E-state index in [1.807, 2.05) is 25.1 Å². The van der Waals surface area contributed by atoms with Crippen LogP contribution >= 0.6 is 27.5 Å². The summed E-state index contributed by atoms with van der Waals surface area (Å²) in [5.74, 6) is 1.03. The summed E-state index contributed by atoms with van der Waals surface area (Å²) in [6.07, 6.45) is 3.30. The van der Waals surface area contributed by atoms with E-state index in [2.05, 4.69) is 21.2 Å². The number of hydrogen-bond acceptors (Lipinski definition) is 1. The summed E-state index contributed by atoms with van der Waals surface area (Å²) in [6.45, 7) is 1.99. The van der Waals surface area contributed by atoms with Crippen LogP contribution < -0.4 is 5.32 Å². The number of nitrogens with one attached hydrogen (secondary N) is 1. The van der Waals surface area contributed by atoms with Crippen molar-refractivity contribution in [1.82, 2.24) is 5.32 Å². The van der Waals surface area contributed by atoms with Gasteiger partial charge in [0.25, 0.3) is 5.91 Å². The Morgan fingerprint density at radius 3 is 3.00 bits per heavy atom. The van der Waals surface area contributed by atoms with Crippen LogP contribution in [0, 0.1) is 12.8 Å².